The first kappa shape index (κ1) is 26.5. The number of aromatic nitrogens is 1. The minimum absolute atomic E-state index is 0.0164. The molecule has 0 atom stereocenters. The van der Waals surface area contributed by atoms with Crippen LogP contribution in [0.2, 0.25) is 5.02 Å². The molecular weight excluding hydrogens is 499 g/mol. The maximum Gasteiger partial charge on any atom is 0.418 e. The smallest absolute Gasteiger partial charge is 0.352 e. The van der Waals surface area contributed by atoms with Gasteiger partial charge in [0.05, 0.1) is 22.6 Å². The van der Waals surface area contributed by atoms with E-state index in [0.29, 0.717) is 34.1 Å². The number of carbonyl (C=O) groups is 1. The topological polar surface area (TPSA) is 37.3 Å². The van der Waals surface area contributed by atoms with E-state index in [1.807, 2.05) is 19.0 Å². The highest BCUT2D eigenvalue weighted by atomic mass is 35.5. The number of benzene rings is 3. The Bertz CT molecular complexity index is 1360. The van der Waals surface area contributed by atoms with Gasteiger partial charge in [-0.25, -0.2) is 0 Å². The van der Waals surface area contributed by atoms with Gasteiger partial charge >= 0.3 is 6.18 Å². The molecule has 1 aromatic heterocycles. The van der Waals surface area contributed by atoms with Crippen molar-refractivity contribution in [1.82, 2.24) is 14.8 Å². The third-order valence-corrected chi connectivity index (χ3v) is 6.23. The largest absolute Gasteiger partial charge is 0.418 e. The summed E-state index contributed by atoms with van der Waals surface area (Å²) in [6.07, 6.45) is -3.71. The van der Waals surface area contributed by atoms with Gasteiger partial charge in [-0.05, 0) is 86.7 Å². The lowest BCUT2D eigenvalue weighted by Crippen LogP contribution is -2.27. The fourth-order valence-corrected chi connectivity index (χ4v) is 4.29. The highest BCUT2D eigenvalue weighted by molar-refractivity contribution is 6.30. The molecule has 0 aliphatic rings. The van der Waals surface area contributed by atoms with Gasteiger partial charge < -0.3 is 14.8 Å². The maximum atomic E-state index is 14.0. The van der Waals surface area contributed by atoms with Crippen LogP contribution in [0.4, 0.5) is 13.2 Å². The highest BCUT2D eigenvalue weighted by Crippen LogP contribution is 2.39. The third-order valence-electron chi connectivity index (χ3n) is 5.98. The van der Waals surface area contributed by atoms with Gasteiger partial charge in [0.15, 0.2) is 0 Å². The minimum atomic E-state index is -4.54. The van der Waals surface area contributed by atoms with E-state index in [0.717, 1.165) is 24.6 Å². The second kappa shape index (κ2) is 11.2. The molecule has 0 spiro atoms. The summed E-state index contributed by atoms with van der Waals surface area (Å²) < 4.78 is 43.6. The summed E-state index contributed by atoms with van der Waals surface area (Å²) in [6, 6.07) is 22.9. The molecule has 4 nitrogen and oxygen atoms in total. The van der Waals surface area contributed by atoms with Crippen molar-refractivity contribution in [3.05, 3.63) is 101 Å². The molecule has 4 rings (SSSR count). The van der Waals surface area contributed by atoms with Gasteiger partial charge in [-0.2, -0.15) is 13.2 Å². The average Bonchev–Trinajstić information content (AvgIpc) is 3.31. The highest BCUT2D eigenvalue weighted by Gasteiger charge is 2.34. The zero-order valence-corrected chi connectivity index (χ0v) is 21.3. The standard InChI is InChI=1S/C29H27ClF3N3O/c1-35(2)19-5-18-34-28(37)22-10-8-20(9-11-22)25-16-17-26(21-12-14-23(30)15-13-21)36(25)27-7-4-3-6-24(27)29(31,32)33/h3-4,6-17H,5,18-19H2,1-2H3,(H,34,37). The number of hydrogen-bond donors (Lipinski definition) is 1. The van der Waals surface area contributed by atoms with Crippen LogP contribution in [0.5, 0.6) is 0 Å². The Hall–Kier alpha value is -3.55. The molecule has 0 saturated heterocycles. The van der Waals surface area contributed by atoms with Crippen molar-refractivity contribution in [2.45, 2.75) is 12.6 Å². The van der Waals surface area contributed by atoms with E-state index >= 15 is 0 Å². The van der Waals surface area contributed by atoms with Crippen molar-refractivity contribution < 1.29 is 18.0 Å². The molecule has 1 amide bonds. The first-order valence-corrected chi connectivity index (χ1v) is 12.2. The predicted molar refractivity (Wildman–Crippen MR) is 142 cm³/mol. The van der Waals surface area contributed by atoms with E-state index in [4.69, 9.17) is 11.6 Å². The number of nitrogens with one attached hydrogen (secondary N) is 1. The van der Waals surface area contributed by atoms with Crippen molar-refractivity contribution in [2.75, 3.05) is 27.2 Å². The Kier molecular flexibility index (Phi) is 8.05. The van der Waals surface area contributed by atoms with Crippen LogP contribution in [0.3, 0.4) is 0 Å². The van der Waals surface area contributed by atoms with Crippen LogP contribution in [0.25, 0.3) is 28.2 Å². The van der Waals surface area contributed by atoms with E-state index in [2.05, 4.69) is 5.32 Å². The number of amides is 1. The summed E-state index contributed by atoms with van der Waals surface area (Å²) in [6.45, 7) is 1.42. The summed E-state index contributed by atoms with van der Waals surface area (Å²) in [5.41, 5.74) is 2.33. The van der Waals surface area contributed by atoms with Gasteiger partial charge in [-0.15, -0.1) is 0 Å². The molecule has 192 valence electrons. The molecule has 37 heavy (non-hydrogen) atoms. The van der Waals surface area contributed by atoms with Crippen LogP contribution in [0.1, 0.15) is 22.3 Å². The fraction of sp³-hybridized carbons (Fsp3) is 0.207. The summed E-state index contributed by atoms with van der Waals surface area (Å²) in [5, 5.41) is 3.43. The minimum Gasteiger partial charge on any atom is -0.352 e. The van der Waals surface area contributed by atoms with Crippen LogP contribution in [0, 0.1) is 0 Å². The van der Waals surface area contributed by atoms with E-state index in [1.165, 1.54) is 12.1 Å². The summed E-state index contributed by atoms with van der Waals surface area (Å²) in [7, 11) is 3.95. The van der Waals surface area contributed by atoms with Crippen molar-refractivity contribution in [3.8, 4) is 28.2 Å². The number of rotatable bonds is 8. The van der Waals surface area contributed by atoms with Gasteiger partial charge in [-0.1, -0.05) is 48.0 Å². The molecule has 0 bridgehead atoms. The number of nitrogens with zero attached hydrogens (tertiary/aromatic N) is 2. The van der Waals surface area contributed by atoms with Crippen LogP contribution in [-0.4, -0.2) is 42.6 Å². The molecule has 0 aliphatic carbocycles. The second-order valence-electron chi connectivity index (χ2n) is 8.95. The molecular formula is C29H27ClF3N3O. The normalized spacial score (nSPS) is 11.6. The van der Waals surface area contributed by atoms with Crippen molar-refractivity contribution in [3.63, 3.8) is 0 Å². The van der Waals surface area contributed by atoms with Crippen molar-refractivity contribution in [2.24, 2.45) is 0 Å². The molecule has 0 saturated carbocycles. The monoisotopic (exact) mass is 525 g/mol. The van der Waals surface area contributed by atoms with Crippen molar-refractivity contribution in [1.29, 1.82) is 0 Å². The number of para-hydroxylation sites is 1. The molecule has 4 aromatic rings. The molecule has 0 unspecified atom stereocenters. The van der Waals surface area contributed by atoms with Crippen molar-refractivity contribution >= 4 is 17.5 Å². The van der Waals surface area contributed by atoms with Crippen LogP contribution in [0.15, 0.2) is 84.9 Å². The van der Waals surface area contributed by atoms with E-state index in [1.54, 1.807) is 71.3 Å². The number of hydrogen-bond acceptors (Lipinski definition) is 2. The van der Waals surface area contributed by atoms with Crippen LogP contribution in [-0.2, 0) is 6.18 Å². The zero-order valence-electron chi connectivity index (χ0n) is 20.5. The third kappa shape index (κ3) is 6.24. The number of carbonyl (C=O) groups excluding carboxylic acids is 1. The SMILES string of the molecule is CN(C)CCCNC(=O)c1ccc(-c2ccc(-c3ccc(Cl)cc3)n2-c2ccccc2C(F)(F)F)cc1. The molecule has 1 heterocycles. The van der Waals surface area contributed by atoms with Gasteiger partial charge in [0.25, 0.3) is 5.91 Å². The maximum absolute atomic E-state index is 14.0. The second-order valence-corrected chi connectivity index (χ2v) is 9.39. The van der Waals surface area contributed by atoms with E-state index in [-0.39, 0.29) is 11.6 Å². The van der Waals surface area contributed by atoms with E-state index < -0.39 is 11.7 Å². The Morgan fingerprint density at radius 3 is 2.00 bits per heavy atom. The van der Waals surface area contributed by atoms with Gasteiger partial charge in [0.2, 0.25) is 0 Å². The molecule has 1 N–H and O–H groups in total. The Balaban J connectivity index is 1.73. The zero-order chi connectivity index (χ0) is 26.6. The Labute approximate surface area is 219 Å². The first-order chi connectivity index (χ1) is 17.6. The fourth-order valence-electron chi connectivity index (χ4n) is 4.17. The quantitative estimate of drug-likeness (QED) is 0.248. The molecule has 0 radical (unpaired) electrons. The van der Waals surface area contributed by atoms with Gasteiger partial charge in [0, 0.05) is 17.1 Å². The van der Waals surface area contributed by atoms with E-state index in [9.17, 15) is 18.0 Å². The summed E-state index contributed by atoms with van der Waals surface area (Å²) in [5.74, 6) is -0.190. The van der Waals surface area contributed by atoms with Gasteiger partial charge in [0.1, 0.15) is 0 Å². The average molecular weight is 526 g/mol. The van der Waals surface area contributed by atoms with Crippen LogP contribution >= 0.6 is 11.6 Å². The lowest BCUT2D eigenvalue weighted by molar-refractivity contribution is -0.137. The lowest BCUT2D eigenvalue weighted by Gasteiger charge is -2.19. The Morgan fingerprint density at radius 2 is 1.43 bits per heavy atom. The lowest BCUT2D eigenvalue weighted by atomic mass is 10.1. The number of halogens is 4. The molecule has 8 heteroatoms. The molecule has 0 aliphatic heterocycles. The molecule has 3 aromatic carbocycles. The number of alkyl halides is 3. The van der Waals surface area contributed by atoms with Gasteiger partial charge in [-0.3, -0.25) is 4.79 Å². The first-order valence-electron chi connectivity index (χ1n) is 11.8. The molecule has 0 fully saturated rings. The summed E-state index contributed by atoms with van der Waals surface area (Å²) in [4.78, 5) is 14.6. The van der Waals surface area contributed by atoms with Crippen LogP contribution < -0.4 is 5.32 Å². The summed E-state index contributed by atoms with van der Waals surface area (Å²) >= 11 is 6.05. The predicted octanol–water partition coefficient (Wildman–Crippen LogP) is 7.17. The Morgan fingerprint density at radius 1 is 0.865 bits per heavy atom.